The molecule has 0 aliphatic rings. The Morgan fingerprint density at radius 1 is 0.380 bits per heavy atom. The Balaban J connectivity index is 1.20. The van der Waals surface area contributed by atoms with Crippen LogP contribution in [0.3, 0.4) is 0 Å². The van der Waals surface area contributed by atoms with Gasteiger partial charge in [-0.15, -0.1) is 0 Å². The Kier molecular flexibility index (Phi) is 6.42. The Labute approximate surface area is 287 Å². The van der Waals surface area contributed by atoms with Crippen molar-refractivity contribution in [2.45, 2.75) is 0 Å². The van der Waals surface area contributed by atoms with Gasteiger partial charge in [-0.3, -0.25) is 4.57 Å². The van der Waals surface area contributed by atoms with Crippen molar-refractivity contribution in [3.8, 4) is 51.0 Å². The number of rotatable bonds is 5. The second-order valence-corrected chi connectivity index (χ2v) is 12.5. The third-order valence-electron chi connectivity index (χ3n) is 9.47. The van der Waals surface area contributed by atoms with Crippen LogP contribution < -0.4 is 0 Å². The average Bonchev–Trinajstić information content (AvgIpc) is 3.74. The molecule has 234 valence electrons. The minimum Gasteiger partial charge on any atom is -0.456 e. The van der Waals surface area contributed by atoms with Crippen LogP contribution in [-0.2, 0) is 0 Å². The number of benzene rings is 7. The molecule has 0 aliphatic carbocycles. The fourth-order valence-corrected chi connectivity index (χ4v) is 7.13. The van der Waals surface area contributed by atoms with Crippen LogP contribution in [0.25, 0.3) is 94.7 Å². The highest BCUT2D eigenvalue weighted by Crippen LogP contribution is 2.40. The van der Waals surface area contributed by atoms with Gasteiger partial charge >= 0.3 is 0 Å². The van der Waals surface area contributed by atoms with E-state index in [4.69, 9.17) is 19.4 Å². The molecule has 10 rings (SSSR count). The zero-order valence-electron chi connectivity index (χ0n) is 26.9. The monoisotopic (exact) mass is 640 g/mol. The molecule has 0 atom stereocenters. The van der Waals surface area contributed by atoms with Crippen molar-refractivity contribution in [2.75, 3.05) is 0 Å². The Bertz CT molecular complexity index is 2800. The molecule has 0 radical (unpaired) electrons. The number of hydrogen-bond acceptors (Lipinski definition) is 4. The van der Waals surface area contributed by atoms with Crippen LogP contribution in [0.4, 0.5) is 0 Å². The van der Waals surface area contributed by atoms with Crippen molar-refractivity contribution in [3.63, 3.8) is 0 Å². The number of fused-ring (bicyclic) bond motifs is 6. The van der Waals surface area contributed by atoms with Crippen molar-refractivity contribution in [3.05, 3.63) is 170 Å². The Morgan fingerprint density at radius 3 is 1.70 bits per heavy atom. The number of hydrogen-bond donors (Lipinski definition) is 0. The molecule has 7 aromatic carbocycles. The molecule has 5 nitrogen and oxygen atoms in total. The summed E-state index contributed by atoms with van der Waals surface area (Å²) < 4.78 is 8.54. The summed E-state index contributed by atoms with van der Waals surface area (Å²) in [6.07, 6.45) is 0. The van der Waals surface area contributed by atoms with Crippen LogP contribution in [0.15, 0.2) is 174 Å². The van der Waals surface area contributed by atoms with E-state index in [2.05, 4.69) is 102 Å². The summed E-state index contributed by atoms with van der Waals surface area (Å²) >= 11 is 0. The summed E-state index contributed by atoms with van der Waals surface area (Å²) in [6.45, 7) is 0. The summed E-state index contributed by atoms with van der Waals surface area (Å²) in [5, 5.41) is 4.49. The molecule has 0 bridgehead atoms. The number of furan rings is 1. The summed E-state index contributed by atoms with van der Waals surface area (Å²) in [5.74, 6) is 1.83. The van der Waals surface area contributed by atoms with Gasteiger partial charge in [-0.25, -0.2) is 4.98 Å². The van der Waals surface area contributed by atoms with Gasteiger partial charge in [-0.05, 0) is 52.6 Å². The van der Waals surface area contributed by atoms with Crippen LogP contribution in [0.1, 0.15) is 0 Å². The first kappa shape index (κ1) is 28.2. The minimum absolute atomic E-state index is 0.574. The number of nitrogens with zero attached hydrogens (tertiary/aromatic N) is 4. The second-order valence-electron chi connectivity index (χ2n) is 12.5. The molecule has 0 amide bonds. The molecule has 10 aromatic rings. The van der Waals surface area contributed by atoms with Gasteiger partial charge in [0.15, 0.2) is 11.6 Å². The lowest BCUT2D eigenvalue weighted by Gasteiger charge is -2.11. The topological polar surface area (TPSA) is 56.7 Å². The first-order valence-electron chi connectivity index (χ1n) is 16.7. The molecule has 0 unspecified atom stereocenters. The average molecular weight is 641 g/mol. The van der Waals surface area contributed by atoms with Crippen LogP contribution in [0.5, 0.6) is 0 Å². The van der Waals surface area contributed by atoms with Crippen molar-refractivity contribution in [1.29, 1.82) is 0 Å². The fraction of sp³-hybridized carbons (Fsp3) is 0. The molecule has 50 heavy (non-hydrogen) atoms. The fourth-order valence-electron chi connectivity index (χ4n) is 7.13. The molecule has 3 aromatic heterocycles. The van der Waals surface area contributed by atoms with Gasteiger partial charge in [0.05, 0.1) is 11.0 Å². The first-order chi connectivity index (χ1) is 24.8. The van der Waals surface area contributed by atoms with Gasteiger partial charge in [-0.1, -0.05) is 140 Å². The highest BCUT2D eigenvalue weighted by atomic mass is 16.3. The van der Waals surface area contributed by atoms with E-state index < -0.39 is 0 Å². The van der Waals surface area contributed by atoms with E-state index in [1.807, 2.05) is 72.8 Å². The smallest absolute Gasteiger partial charge is 0.238 e. The zero-order valence-corrected chi connectivity index (χ0v) is 26.9. The van der Waals surface area contributed by atoms with Crippen LogP contribution in [0, 0.1) is 0 Å². The quantitative estimate of drug-likeness (QED) is 0.188. The zero-order chi connectivity index (χ0) is 33.0. The lowest BCUT2D eigenvalue weighted by molar-refractivity contribution is 0.669. The van der Waals surface area contributed by atoms with E-state index in [0.717, 1.165) is 71.6 Å². The third-order valence-corrected chi connectivity index (χ3v) is 9.47. The Hall–Kier alpha value is -6.85. The molecule has 0 aliphatic heterocycles. The maximum atomic E-state index is 6.36. The van der Waals surface area contributed by atoms with E-state index in [9.17, 15) is 0 Å². The van der Waals surface area contributed by atoms with Gasteiger partial charge < -0.3 is 4.42 Å². The highest BCUT2D eigenvalue weighted by Gasteiger charge is 2.19. The normalized spacial score (nSPS) is 11.6. The number of aromatic nitrogens is 4. The van der Waals surface area contributed by atoms with E-state index in [1.54, 1.807) is 0 Å². The lowest BCUT2D eigenvalue weighted by atomic mass is 9.97. The predicted octanol–water partition coefficient (Wildman–Crippen LogP) is 11.5. The van der Waals surface area contributed by atoms with Gasteiger partial charge in [0.1, 0.15) is 11.2 Å². The molecule has 3 heterocycles. The van der Waals surface area contributed by atoms with E-state index in [0.29, 0.717) is 17.6 Å². The largest absolute Gasteiger partial charge is 0.456 e. The molecule has 0 spiro atoms. The minimum atomic E-state index is 0.574. The molecule has 0 N–H and O–H groups in total. The Morgan fingerprint density at radius 2 is 0.980 bits per heavy atom. The molecule has 0 fully saturated rings. The van der Waals surface area contributed by atoms with Crippen LogP contribution >= 0.6 is 0 Å². The van der Waals surface area contributed by atoms with Crippen LogP contribution in [-0.4, -0.2) is 19.5 Å². The summed E-state index contributed by atoms with van der Waals surface area (Å²) in [6, 6.07) is 58.6. The SMILES string of the molecule is c1ccc(-c2nc(-c3ccccc3)nc(-n3c4ccccc4c4ccc(-c5ccc6oc7cccc(-c8ccccc8)c7c6c5)cc43)n2)cc1. The van der Waals surface area contributed by atoms with Gasteiger partial charge in [0, 0.05) is 32.7 Å². The van der Waals surface area contributed by atoms with Gasteiger partial charge in [-0.2, -0.15) is 9.97 Å². The maximum absolute atomic E-state index is 6.36. The molecule has 0 saturated carbocycles. The van der Waals surface area contributed by atoms with E-state index >= 15 is 0 Å². The number of para-hydroxylation sites is 1. The second kappa shape index (κ2) is 11.4. The predicted molar refractivity (Wildman–Crippen MR) is 203 cm³/mol. The van der Waals surface area contributed by atoms with Gasteiger partial charge in [0.25, 0.3) is 0 Å². The van der Waals surface area contributed by atoms with E-state index in [1.165, 1.54) is 5.56 Å². The standard InChI is InChI=1S/C45H28N4O/c1-4-13-29(14-5-1)34-20-12-22-41-42(34)37-27-32(24-26-40(37)50-41)33-23-25-36-35-19-10-11-21-38(35)49(39(36)28-33)45-47-43(30-15-6-2-7-16-30)46-44(48-45)31-17-8-3-9-18-31/h1-28H. The molecular weight excluding hydrogens is 613 g/mol. The van der Waals surface area contributed by atoms with Crippen molar-refractivity contribution in [2.24, 2.45) is 0 Å². The van der Waals surface area contributed by atoms with Gasteiger partial charge in [0.2, 0.25) is 5.95 Å². The van der Waals surface area contributed by atoms with Crippen molar-refractivity contribution >= 4 is 43.7 Å². The highest BCUT2D eigenvalue weighted by molar-refractivity contribution is 6.14. The lowest BCUT2D eigenvalue weighted by Crippen LogP contribution is -2.06. The third kappa shape index (κ3) is 4.60. The molecule has 0 saturated heterocycles. The molecular formula is C45H28N4O. The summed E-state index contributed by atoms with van der Waals surface area (Å²) in [5.41, 5.74) is 10.2. The van der Waals surface area contributed by atoms with Crippen molar-refractivity contribution in [1.82, 2.24) is 19.5 Å². The van der Waals surface area contributed by atoms with Crippen LogP contribution in [0.2, 0.25) is 0 Å². The van der Waals surface area contributed by atoms with E-state index in [-0.39, 0.29) is 0 Å². The first-order valence-corrected chi connectivity index (χ1v) is 16.7. The molecule has 5 heteroatoms. The summed E-state index contributed by atoms with van der Waals surface area (Å²) in [7, 11) is 0. The van der Waals surface area contributed by atoms with Crippen molar-refractivity contribution < 1.29 is 4.42 Å². The maximum Gasteiger partial charge on any atom is 0.238 e. The summed E-state index contributed by atoms with van der Waals surface area (Å²) in [4.78, 5) is 15.2.